The second-order valence-electron chi connectivity index (χ2n) is 7.51. The summed E-state index contributed by atoms with van der Waals surface area (Å²) in [7, 11) is 3.34. The fraction of sp³-hybridized carbons (Fsp3) is 0.478. The molecule has 0 amide bonds. The van der Waals surface area contributed by atoms with E-state index in [1.54, 1.807) is 32.4 Å². The first-order valence-corrected chi connectivity index (χ1v) is 10.2. The highest BCUT2D eigenvalue weighted by Crippen LogP contribution is 2.25. The summed E-state index contributed by atoms with van der Waals surface area (Å²) in [6.45, 7) is 5.26. The smallest absolute Gasteiger partial charge is 0.128 e. The zero-order valence-corrected chi connectivity index (χ0v) is 17.7. The van der Waals surface area contributed by atoms with Gasteiger partial charge in [-0.25, -0.2) is 4.39 Å². The van der Waals surface area contributed by atoms with E-state index in [0.717, 1.165) is 49.8 Å². The van der Waals surface area contributed by atoms with Crippen molar-refractivity contribution in [1.29, 1.82) is 0 Å². The molecule has 7 heteroatoms. The SMILES string of the molecule is COc1ccc(OC)c(CN2CCN(CC(O)COCc3ccccc3F)CC2)c1. The van der Waals surface area contributed by atoms with Gasteiger partial charge in [-0.05, 0) is 24.3 Å². The molecular weight excluding hydrogens is 387 g/mol. The van der Waals surface area contributed by atoms with Crippen LogP contribution in [-0.2, 0) is 17.9 Å². The molecule has 1 unspecified atom stereocenters. The van der Waals surface area contributed by atoms with E-state index in [-0.39, 0.29) is 19.0 Å². The van der Waals surface area contributed by atoms with Gasteiger partial charge in [-0.3, -0.25) is 9.80 Å². The van der Waals surface area contributed by atoms with Gasteiger partial charge in [-0.15, -0.1) is 0 Å². The maximum Gasteiger partial charge on any atom is 0.128 e. The molecule has 30 heavy (non-hydrogen) atoms. The lowest BCUT2D eigenvalue weighted by atomic mass is 10.1. The van der Waals surface area contributed by atoms with Crippen LogP contribution in [0.3, 0.4) is 0 Å². The molecule has 0 aliphatic carbocycles. The molecule has 1 aliphatic rings. The number of hydrogen-bond donors (Lipinski definition) is 1. The number of methoxy groups -OCH3 is 2. The van der Waals surface area contributed by atoms with Crippen molar-refractivity contribution in [3.05, 3.63) is 59.4 Å². The topological polar surface area (TPSA) is 54.4 Å². The van der Waals surface area contributed by atoms with Crippen molar-refractivity contribution in [3.63, 3.8) is 0 Å². The third-order valence-corrected chi connectivity index (χ3v) is 5.34. The highest BCUT2D eigenvalue weighted by molar-refractivity contribution is 5.40. The Morgan fingerprint density at radius 3 is 2.40 bits per heavy atom. The molecule has 3 rings (SSSR count). The summed E-state index contributed by atoms with van der Waals surface area (Å²) in [6.07, 6.45) is -0.596. The Bertz CT molecular complexity index is 797. The molecule has 0 spiro atoms. The van der Waals surface area contributed by atoms with Crippen LogP contribution < -0.4 is 9.47 Å². The van der Waals surface area contributed by atoms with Crippen LogP contribution >= 0.6 is 0 Å². The van der Waals surface area contributed by atoms with Gasteiger partial charge < -0.3 is 19.3 Å². The molecule has 1 N–H and O–H groups in total. The molecule has 0 saturated carbocycles. The van der Waals surface area contributed by atoms with E-state index in [0.29, 0.717) is 12.1 Å². The summed E-state index contributed by atoms with van der Waals surface area (Å²) < 4.78 is 29.9. The molecule has 0 bridgehead atoms. The fourth-order valence-electron chi connectivity index (χ4n) is 3.65. The maximum absolute atomic E-state index is 13.6. The van der Waals surface area contributed by atoms with Gasteiger partial charge in [-0.1, -0.05) is 18.2 Å². The van der Waals surface area contributed by atoms with Crippen LogP contribution in [-0.4, -0.2) is 74.6 Å². The molecule has 2 aromatic carbocycles. The number of nitrogens with zero attached hydrogens (tertiary/aromatic N) is 2. The van der Waals surface area contributed by atoms with E-state index < -0.39 is 6.10 Å². The monoisotopic (exact) mass is 418 g/mol. The summed E-state index contributed by atoms with van der Waals surface area (Å²) in [5.74, 6) is 1.40. The molecular formula is C23H31FN2O4. The van der Waals surface area contributed by atoms with Crippen molar-refractivity contribution < 1.29 is 23.7 Å². The summed E-state index contributed by atoms with van der Waals surface area (Å²) in [5.41, 5.74) is 1.61. The molecule has 164 valence electrons. The van der Waals surface area contributed by atoms with Crippen LogP contribution in [0.1, 0.15) is 11.1 Å². The third kappa shape index (κ3) is 6.40. The van der Waals surface area contributed by atoms with Crippen LogP contribution in [0, 0.1) is 5.82 Å². The van der Waals surface area contributed by atoms with E-state index in [1.165, 1.54) is 6.07 Å². The number of ether oxygens (including phenoxy) is 3. The molecule has 0 radical (unpaired) electrons. The standard InChI is InChI=1S/C23H31FN2O4/c1-28-21-7-8-23(29-2)19(13-21)14-25-9-11-26(12-10-25)15-20(27)17-30-16-18-5-3-4-6-22(18)24/h3-8,13,20,27H,9-12,14-17H2,1-2H3. The molecule has 0 aromatic heterocycles. The summed E-state index contributed by atoms with van der Waals surface area (Å²) in [5, 5.41) is 10.3. The van der Waals surface area contributed by atoms with Gasteiger partial charge in [0.2, 0.25) is 0 Å². The minimum Gasteiger partial charge on any atom is -0.497 e. The molecule has 6 nitrogen and oxygen atoms in total. The van der Waals surface area contributed by atoms with Crippen LogP contribution in [0.2, 0.25) is 0 Å². The van der Waals surface area contributed by atoms with Crippen molar-refractivity contribution in [2.24, 2.45) is 0 Å². The first kappa shape index (κ1) is 22.5. The third-order valence-electron chi connectivity index (χ3n) is 5.34. The Balaban J connectivity index is 1.39. The van der Waals surface area contributed by atoms with Crippen molar-refractivity contribution in [1.82, 2.24) is 9.80 Å². The number of benzene rings is 2. The Morgan fingerprint density at radius 1 is 0.967 bits per heavy atom. The van der Waals surface area contributed by atoms with Crippen LogP contribution in [0.4, 0.5) is 4.39 Å². The van der Waals surface area contributed by atoms with Crippen molar-refractivity contribution in [2.45, 2.75) is 19.3 Å². The van der Waals surface area contributed by atoms with Crippen LogP contribution in [0.5, 0.6) is 11.5 Å². The summed E-state index contributed by atoms with van der Waals surface area (Å²) in [4.78, 5) is 4.60. The van der Waals surface area contributed by atoms with E-state index >= 15 is 0 Å². The van der Waals surface area contributed by atoms with Gasteiger partial charge in [0.15, 0.2) is 0 Å². The number of aliphatic hydroxyl groups is 1. The number of rotatable bonds is 10. The zero-order valence-electron chi connectivity index (χ0n) is 17.7. The number of hydrogen-bond acceptors (Lipinski definition) is 6. The number of halogens is 1. The van der Waals surface area contributed by atoms with Crippen molar-refractivity contribution >= 4 is 0 Å². The van der Waals surface area contributed by atoms with Gasteiger partial charge in [0.05, 0.1) is 33.5 Å². The van der Waals surface area contributed by atoms with Crippen molar-refractivity contribution in [3.8, 4) is 11.5 Å². The fourth-order valence-corrected chi connectivity index (χ4v) is 3.65. The molecule has 1 aliphatic heterocycles. The Kier molecular flexibility index (Phi) is 8.45. The van der Waals surface area contributed by atoms with Gasteiger partial charge >= 0.3 is 0 Å². The van der Waals surface area contributed by atoms with Crippen molar-refractivity contribution in [2.75, 3.05) is 53.6 Å². The van der Waals surface area contributed by atoms with E-state index in [4.69, 9.17) is 14.2 Å². The highest BCUT2D eigenvalue weighted by atomic mass is 19.1. The number of aliphatic hydroxyl groups excluding tert-OH is 1. The quantitative estimate of drug-likeness (QED) is 0.640. The summed E-state index contributed by atoms with van der Waals surface area (Å²) in [6, 6.07) is 12.4. The Hall–Kier alpha value is -2.19. The largest absolute Gasteiger partial charge is 0.497 e. The predicted molar refractivity (Wildman–Crippen MR) is 113 cm³/mol. The molecule has 1 atom stereocenters. The number of β-amino-alcohol motifs (C(OH)–C–C–N with tert-alkyl or cyclic N) is 1. The predicted octanol–water partition coefficient (Wildman–Crippen LogP) is 2.54. The van der Waals surface area contributed by atoms with E-state index in [1.807, 2.05) is 18.2 Å². The highest BCUT2D eigenvalue weighted by Gasteiger charge is 2.20. The van der Waals surface area contributed by atoms with Crippen LogP contribution in [0.15, 0.2) is 42.5 Å². The zero-order chi connectivity index (χ0) is 21.3. The molecule has 2 aromatic rings. The minimum atomic E-state index is -0.596. The molecule has 1 saturated heterocycles. The Morgan fingerprint density at radius 2 is 1.70 bits per heavy atom. The first-order valence-electron chi connectivity index (χ1n) is 10.2. The van der Waals surface area contributed by atoms with Gasteiger partial charge in [-0.2, -0.15) is 0 Å². The maximum atomic E-state index is 13.6. The average molecular weight is 419 g/mol. The van der Waals surface area contributed by atoms with Crippen LogP contribution in [0.25, 0.3) is 0 Å². The first-order chi connectivity index (χ1) is 14.6. The average Bonchev–Trinajstić information content (AvgIpc) is 2.76. The van der Waals surface area contributed by atoms with E-state index in [2.05, 4.69) is 9.80 Å². The molecule has 1 heterocycles. The molecule has 1 fully saturated rings. The van der Waals surface area contributed by atoms with Gasteiger partial charge in [0.1, 0.15) is 17.3 Å². The normalized spacial score (nSPS) is 16.4. The second-order valence-corrected chi connectivity index (χ2v) is 7.51. The van der Waals surface area contributed by atoms with E-state index in [9.17, 15) is 9.50 Å². The minimum absolute atomic E-state index is 0.167. The lowest BCUT2D eigenvalue weighted by Gasteiger charge is -2.35. The summed E-state index contributed by atoms with van der Waals surface area (Å²) >= 11 is 0. The number of piperazine rings is 1. The van der Waals surface area contributed by atoms with Gasteiger partial charge in [0, 0.05) is 50.4 Å². The lowest BCUT2D eigenvalue weighted by Crippen LogP contribution is -2.48. The second kappa shape index (κ2) is 11.3. The lowest BCUT2D eigenvalue weighted by molar-refractivity contribution is 0.000216. The Labute approximate surface area is 177 Å². The van der Waals surface area contributed by atoms with Gasteiger partial charge in [0.25, 0.3) is 0 Å².